The van der Waals surface area contributed by atoms with Crippen molar-refractivity contribution in [1.29, 1.82) is 0 Å². The summed E-state index contributed by atoms with van der Waals surface area (Å²) in [7, 11) is 1.75. The lowest BCUT2D eigenvalue weighted by atomic mass is 9.93. The molecule has 0 saturated carbocycles. The first-order valence-electron chi connectivity index (χ1n) is 8.86. The molecule has 0 saturated heterocycles. The van der Waals surface area contributed by atoms with Gasteiger partial charge in [0.1, 0.15) is 5.75 Å². The van der Waals surface area contributed by atoms with Crippen molar-refractivity contribution in [2.24, 2.45) is 0 Å². The Hall–Kier alpha value is -2.09. The van der Waals surface area contributed by atoms with Crippen LogP contribution in [0.25, 0.3) is 11.1 Å². The Labute approximate surface area is 145 Å². The second-order valence-corrected chi connectivity index (χ2v) is 6.39. The van der Waals surface area contributed by atoms with Gasteiger partial charge in [-0.3, -0.25) is 4.79 Å². The largest absolute Gasteiger partial charge is 0.496 e. The zero-order chi connectivity index (χ0) is 17.5. The van der Waals surface area contributed by atoms with E-state index < -0.39 is 0 Å². The molecule has 0 spiro atoms. The van der Waals surface area contributed by atoms with E-state index in [1.54, 1.807) is 14.0 Å². The number of benzene rings is 2. The predicted octanol–water partition coefficient (Wildman–Crippen LogP) is 6.00. The Bertz CT molecular complexity index is 684. The molecule has 2 heteroatoms. The van der Waals surface area contributed by atoms with Gasteiger partial charge in [-0.2, -0.15) is 0 Å². The highest BCUT2D eigenvalue weighted by molar-refractivity contribution is 5.94. The van der Waals surface area contributed by atoms with E-state index in [9.17, 15) is 4.79 Å². The Morgan fingerprint density at radius 3 is 2.29 bits per heavy atom. The Morgan fingerprint density at radius 1 is 1.00 bits per heavy atom. The molecule has 0 amide bonds. The van der Waals surface area contributed by atoms with Crippen LogP contribution in [0.4, 0.5) is 0 Å². The molecule has 2 rings (SSSR count). The van der Waals surface area contributed by atoms with E-state index in [-0.39, 0.29) is 5.78 Å². The van der Waals surface area contributed by atoms with Crippen LogP contribution in [0, 0.1) is 6.92 Å². The van der Waals surface area contributed by atoms with Crippen molar-refractivity contribution < 1.29 is 9.53 Å². The number of hydrogen-bond acceptors (Lipinski definition) is 2. The molecule has 128 valence electrons. The number of carbonyl (C=O) groups is 1. The molecule has 0 aliphatic rings. The summed E-state index contributed by atoms with van der Waals surface area (Å²) in [5.74, 6) is 1.07. The van der Waals surface area contributed by atoms with Gasteiger partial charge in [-0.05, 0) is 43.4 Å². The van der Waals surface area contributed by atoms with Crippen molar-refractivity contribution in [3.05, 3.63) is 53.1 Å². The molecule has 24 heavy (non-hydrogen) atoms. The number of rotatable bonds is 8. The van der Waals surface area contributed by atoms with Crippen molar-refractivity contribution in [3.63, 3.8) is 0 Å². The fourth-order valence-corrected chi connectivity index (χ4v) is 3.13. The van der Waals surface area contributed by atoms with Crippen molar-refractivity contribution >= 4 is 5.78 Å². The van der Waals surface area contributed by atoms with Crippen LogP contribution in [0.5, 0.6) is 5.75 Å². The van der Waals surface area contributed by atoms with Gasteiger partial charge in [0.05, 0.1) is 7.11 Å². The molecule has 0 fully saturated rings. The molecule has 0 aromatic heterocycles. The molecular weight excluding hydrogens is 296 g/mol. The average Bonchev–Trinajstić information content (AvgIpc) is 2.59. The summed E-state index contributed by atoms with van der Waals surface area (Å²) in [4.78, 5) is 11.5. The molecular formula is C22H28O2. The van der Waals surface area contributed by atoms with E-state index in [0.29, 0.717) is 0 Å². The Kier molecular flexibility index (Phi) is 6.60. The van der Waals surface area contributed by atoms with Crippen molar-refractivity contribution in [2.75, 3.05) is 7.11 Å². The number of hydrogen-bond donors (Lipinski definition) is 0. The minimum Gasteiger partial charge on any atom is -0.496 e. The Morgan fingerprint density at radius 2 is 1.71 bits per heavy atom. The van der Waals surface area contributed by atoms with Gasteiger partial charge in [-0.1, -0.05) is 62.6 Å². The van der Waals surface area contributed by atoms with Crippen LogP contribution in [0.1, 0.15) is 61.0 Å². The molecule has 0 atom stereocenters. The minimum atomic E-state index is 0.0925. The highest BCUT2D eigenvalue weighted by Gasteiger charge is 2.14. The van der Waals surface area contributed by atoms with Gasteiger partial charge < -0.3 is 4.74 Å². The monoisotopic (exact) mass is 324 g/mol. The van der Waals surface area contributed by atoms with Gasteiger partial charge in [0.2, 0.25) is 0 Å². The lowest BCUT2D eigenvalue weighted by Gasteiger charge is -2.17. The summed E-state index contributed by atoms with van der Waals surface area (Å²) in [5, 5.41) is 0. The van der Waals surface area contributed by atoms with Crippen LogP contribution in [0.15, 0.2) is 36.4 Å². The van der Waals surface area contributed by atoms with Crippen LogP contribution < -0.4 is 4.74 Å². The first-order chi connectivity index (χ1) is 11.6. The fraction of sp³-hybridized carbons (Fsp3) is 0.409. The highest BCUT2D eigenvalue weighted by Crippen LogP contribution is 2.37. The van der Waals surface area contributed by atoms with E-state index >= 15 is 0 Å². The van der Waals surface area contributed by atoms with Crippen LogP contribution in [-0.2, 0) is 6.42 Å². The zero-order valence-electron chi connectivity index (χ0n) is 15.3. The molecule has 2 aromatic carbocycles. The summed E-state index contributed by atoms with van der Waals surface area (Å²) < 4.78 is 5.78. The SMILES string of the molecule is CCCCCCc1ccc(C)c(-c2ccc(C(C)=O)cc2)c1OC. The standard InChI is InChI=1S/C22H28O2/c1-5-6-7-8-9-20-11-10-16(2)21(22(20)24-4)19-14-12-18(13-15-19)17(3)23/h10-15H,5-9H2,1-4H3. The normalized spacial score (nSPS) is 10.7. The fourth-order valence-electron chi connectivity index (χ4n) is 3.13. The van der Waals surface area contributed by atoms with E-state index in [0.717, 1.165) is 28.9 Å². The molecule has 0 aliphatic heterocycles. The minimum absolute atomic E-state index is 0.0925. The van der Waals surface area contributed by atoms with E-state index in [4.69, 9.17) is 4.74 Å². The van der Waals surface area contributed by atoms with Gasteiger partial charge in [0.25, 0.3) is 0 Å². The number of carbonyl (C=O) groups excluding carboxylic acids is 1. The van der Waals surface area contributed by atoms with Crippen molar-refractivity contribution in [1.82, 2.24) is 0 Å². The smallest absolute Gasteiger partial charge is 0.159 e. The molecule has 0 aliphatic carbocycles. The topological polar surface area (TPSA) is 26.3 Å². The zero-order valence-corrected chi connectivity index (χ0v) is 15.3. The molecule has 0 heterocycles. The quantitative estimate of drug-likeness (QED) is 0.440. The first kappa shape index (κ1) is 18.3. The third-order valence-electron chi connectivity index (χ3n) is 4.53. The van der Waals surface area contributed by atoms with Gasteiger partial charge >= 0.3 is 0 Å². The number of methoxy groups -OCH3 is 1. The lowest BCUT2D eigenvalue weighted by molar-refractivity contribution is 0.101. The molecule has 0 bridgehead atoms. The third kappa shape index (κ3) is 4.25. The maximum atomic E-state index is 11.5. The van der Waals surface area contributed by atoms with E-state index in [2.05, 4.69) is 26.0 Å². The molecule has 2 aromatic rings. The number of aryl methyl sites for hydroxylation is 2. The third-order valence-corrected chi connectivity index (χ3v) is 4.53. The number of ketones is 1. The molecule has 0 N–H and O–H groups in total. The van der Waals surface area contributed by atoms with Crippen LogP contribution in [0.2, 0.25) is 0 Å². The predicted molar refractivity (Wildman–Crippen MR) is 101 cm³/mol. The summed E-state index contributed by atoms with van der Waals surface area (Å²) >= 11 is 0. The molecule has 2 nitrogen and oxygen atoms in total. The Balaban J connectivity index is 2.35. The lowest BCUT2D eigenvalue weighted by Crippen LogP contribution is -1.98. The highest BCUT2D eigenvalue weighted by atomic mass is 16.5. The van der Waals surface area contributed by atoms with Gasteiger partial charge in [0, 0.05) is 11.1 Å². The van der Waals surface area contributed by atoms with Crippen LogP contribution in [0.3, 0.4) is 0 Å². The van der Waals surface area contributed by atoms with Gasteiger partial charge in [-0.25, -0.2) is 0 Å². The maximum absolute atomic E-state index is 11.5. The summed E-state index contributed by atoms with van der Waals surface area (Å²) in [6, 6.07) is 12.2. The molecule has 0 unspecified atom stereocenters. The molecule has 0 radical (unpaired) electrons. The van der Waals surface area contributed by atoms with Crippen LogP contribution >= 0.6 is 0 Å². The second kappa shape index (κ2) is 8.68. The van der Waals surface area contributed by atoms with Crippen molar-refractivity contribution in [3.8, 4) is 16.9 Å². The van der Waals surface area contributed by atoms with E-state index in [1.165, 1.54) is 36.8 Å². The summed E-state index contributed by atoms with van der Waals surface area (Å²) in [6.45, 7) is 5.94. The van der Waals surface area contributed by atoms with Gasteiger partial charge in [-0.15, -0.1) is 0 Å². The summed E-state index contributed by atoms with van der Waals surface area (Å²) in [6.07, 6.45) is 6.03. The second-order valence-electron chi connectivity index (χ2n) is 6.39. The van der Waals surface area contributed by atoms with Crippen LogP contribution in [-0.4, -0.2) is 12.9 Å². The number of unbranched alkanes of at least 4 members (excludes halogenated alkanes) is 3. The van der Waals surface area contributed by atoms with Gasteiger partial charge in [0.15, 0.2) is 5.78 Å². The average molecular weight is 324 g/mol. The number of Topliss-reactive ketones (excluding diaryl/α,β-unsaturated/α-hetero) is 1. The van der Waals surface area contributed by atoms with E-state index in [1.807, 2.05) is 24.3 Å². The first-order valence-corrected chi connectivity index (χ1v) is 8.86. The summed E-state index contributed by atoms with van der Waals surface area (Å²) in [5.41, 5.74) is 5.45. The maximum Gasteiger partial charge on any atom is 0.159 e. The van der Waals surface area contributed by atoms with Crippen molar-refractivity contribution in [2.45, 2.75) is 52.9 Å². The number of ether oxygens (including phenoxy) is 1.